The summed E-state index contributed by atoms with van der Waals surface area (Å²) in [4.78, 5) is 2.60. The van der Waals surface area contributed by atoms with Crippen LogP contribution in [0.5, 0.6) is 11.5 Å². The van der Waals surface area contributed by atoms with Crippen molar-refractivity contribution in [2.45, 2.75) is 192 Å². The topological polar surface area (TPSA) is 40.5 Å². The van der Waals surface area contributed by atoms with Gasteiger partial charge in [0.1, 0.15) is 11.5 Å². The van der Waals surface area contributed by atoms with Crippen molar-refractivity contribution < 1.29 is 10.2 Å². The molecule has 0 radical (unpaired) electrons. The average Bonchev–Trinajstić information content (AvgIpc) is 2.91. The molecule has 2 aromatic carbocycles. The van der Waals surface area contributed by atoms with Crippen LogP contribution >= 0.6 is 23.5 Å². The fraction of sp³-hybridized carbons (Fsp3) is 0.714. The van der Waals surface area contributed by atoms with Crippen molar-refractivity contribution in [1.29, 1.82) is 0 Å². The number of thioether (sulfide) groups is 2. The first-order valence-electron chi connectivity index (χ1n) is 18.2. The molecular weight excluding hydrogens is 601 g/mol. The monoisotopic (exact) mass is 670 g/mol. The Labute approximate surface area is 293 Å². The van der Waals surface area contributed by atoms with Gasteiger partial charge in [-0.3, -0.25) is 0 Å². The highest BCUT2D eigenvalue weighted by atomic mass is 32.2. The van der Waals surface area contributed by atoms with E-state index in [2.05, 4.69) is 107 Å². The predicted octanol–water partition coefficient (Wildman–Crippen LogP) is 13.9. The summed E-state index contributed by atoms with van der Waals surface area (Å²) in [5, 5.41) is 21.9. The van der Waals surface area contributed by atoms with Crippen LogP contribution in [0.2, 0.25) is 0 Å². The van der Waals surface area contributed by atoms with Crippen molar-refractivity contribution in [2.24, 2.45) is 0 Å². The van der Waals surface area contributed by atoms with E-state index in [1.54, 1.807) is 0 Å². The summed E-state index contributed by atoms with van der Waals surface area (Å²) >= 11 is 3.91. The summed E-state index contributed by atoms with van der Waals surface area (Å²) in [6.07, 6.45) is 16.1. The Morgan fingerprint density at radius 1 is 0.370 bits per heavy atom. The van der Waals surface area contributed by atoms with Gasteiger partial charge in [-0.2, -0.15) is 0 Å². The van der Waals surface area contributed by atoms with Crippen LogP contribution in [0.3, 0.4) is 0 Å². The highest BCUT2D eigenvalue weighted by molar-refractivity contribution is 7.99. The van der Waals surface area contributed by atoms with Gasteiger partial charge < -0.3 is 10.2 Å². The summed E-state index contributed by atoms with van der Waals surface area (Å²) in [6.45, 7) is 26.3. The molecule has 0 unspecified atom stereocenters. The third-order valence-corrected chi connectivity index (χ3v) is 11.1. The average molecular weight is 671 g/mol. The third-order valence-electron chi connectivity index (χ3n) is 8.98. The minimum absolute atomic E-state index is 0.0662. The number of rotatable bonds is 17. The molecule has 0 aliphatic heterocycles. The molecule has 0 atom stereocenters. The van der Waals surface area contributed by atoms with Gasteiger partial charge in [0.05, 0.1) is 0 Å². The lowest BCUT2D eigenvalue weighted by atomic mass is 9.79. The van der Waals surface area contributed by atoms with Gasteiger partial charge in [0.15, 0.2) is 0 Å². The minimum atomic E-state index is -0.0662. The first-order chi connectivity index (χ1) is 21.2. The summed E-state index contributed by atoms with van der Waals surface area (Å²) in [5.41, 5.74) is 4.00. The van der Waals surface area contributed by atoms with Gasteiger partial charge >= 0.3 is 0 Å². The van der Waals surface area contributed by atoms with Crippen LogP contribution in [0.15, 0.2) is 34.1 Å². The molecular formula is C42H70O2S2. The van der Waals surface area contributed by atoms with E-state index in [1.807, 2.05) is 23.5 Å². The number of phenolic OH excluding ortho intramolecular Hbond substituents is 2. The molecule has 0 spiro atoms. The molecule has 0 bridgehead atoms. The Morgan fingerprint density at radius 2 is 0.565 bits per heavy atom. The zero-order valence-electron chi connectivity index (χ0n) is 31.9. The van der Waals surface area contributed by atoms with Crippen LogP contribution in [0.4, 0.5) is 0 Å². The van der Waals surface area contributed by atoms with E-state index in [-0.39, 0.29) is 21.7 Å². The number of hydrogen-bond acceptors (Lipinski definition) is 4. The van der Waals surface area contributed by atoms with E-state index in [1.165, 1.54) is 86.8 Å². The molecule has 262 valence electrons. The summed E-state index contributed by atoms with van der Waals surface area (Å²) < 4.78 is 0. The smallest absolute Gasteiger partial charge is 0.123 e. The highest BCUT2D eigenvalue weighted by Gasteiger charge is 2.28. The zero-order valence-corrected chi connectivity index (χ0v) is 33.6. The fourth-order valence-electron chi connectivity index (χ4n) is 6.02. The van der Waals surface area contributed by atoms with Crippen molar-refractivity contribution in [3.05, 3.63) is 46.5 Å². The second-order valence-electron chi connectivity index (χ2n) is 17.7. The Hall–Kier alpha value is -1.26. The number of benzene rings is 2. The van der Waals surface area contributed by atoms with Crippen LogP contribution < -0.4 is 0 Å². The molecule has 0 aliphatic rings. The van der Waals surface area contributed by atoms with Gasteiger partial charge in [0.2, 0.25) is 0 Å². The molecule has 2 aromatic rings. The highest BCUT2D eigenvalue weighted by Crippen LogP contribution is 2.43. The van der Waals surface area contributed by atoms with E-state index in [9.17, 15) is 10.2 Å². The lowest BCUT2D eigenvalue weighted by Gasteiger charge is -2.28. The predicted molar refractivity (Wildman–Crippen MR) is 208 cm³/mol. The molecule has 46 heavy (non-hydrogen) atoms. The molecule has 2 N–H and O–H groups in total. The SMILES string of the molecule is CC(C)(C)c1cc(SCCCCCCCCCCCCCCSc2cc(C(C)(C)C)c(O)c(C(C)(C)C)c2)cc(C(C)(C)C)c1O. The maximum absolute atomic E-state index is 11.0. The molecule has 0 amide bonds. The first-order valence-corrected chi connectivity index (χ1v) is 20.2. The van der Waals surface area contributed by atoms with Crippen molar-refractivity contribution in [3.8, 4) is 11.5 Å². The van der Waals surface area contributed by atoms with Crippen LogP contribution in [0.25, 0.3) is 0 Å². The van der Waals surface area contributed by atoms with Gasteiger partial charge in [0.25, 0.3) is 0 Å². The van der Waals surface area contributed by atoms with Gasteiger partial charge in [-0.05, 0) is 70.3 Å². The van der Waals surface area contributed by atoms with Gasteiger partial charge in [-0.15, -0.1) is 23.5 Å². The molecule has 0 heterocycles. The second kappa shape index (κ2) is 17.9. The normalized spacial score (nSPS) is 13.0. The lowest BCUT2D eigenvalue weighted by molar-refractivity contribution is 0.421. The van der Waals surface area contributed by atoms with E-state index in [0.717, 1.165) is 33.8 Å². The number of hydrogen-bond donors (Lipinski definition) is 2. The van der Waals surface area contributed by atoms with Crippen LogP contribution in [-0.4, -0.2) is 21.7 Å². The summed E-state index contributed by atoms with van der Waals surface area (Å²) in [5.74, 6) is 3.27. The van der Waals surface area contributed by atoms with Crippen molar-refractivity contribution >= 4 is 23.5 Å². The minimum Gasteiger partial charge on any atom is -0.507 e. The van der Waals surface area contributed by atoms with E-state index >= 15 is 0 Å². The van der Waals surface area contributed by atoms with Crippen LogP contribution in [0, 0.1) is 0 Å². The van der Waals surface area contributed by atoms with Gasteiger partial charge in [-0.1, -0.05) is 147 Å². The number of aromatic hydroxyl groups is 2. The van der Waals surface area contributed by atoms with Crippen molar-refractivity contribution in [3.63, 3.8) is 0 Å². The second-order valence-corrected chi connectivity index (χ2v) is 20.0. The molecule has 0 saturated carbocycles. The van der Waals surface area contributed by atoms with Crippen molar-refractivity contribution in [2.75, 3.05) is 11.5 Å². The molecule has 0 fully saturated rings. The lowest BCUT2D eigenvalue weighted by Crippen LogP contribution is -2.17. The third kappa shape index (κ3) is 13.7. The van der Waals surface area contributed by atoms with Crippen LogP contribution in [-0.2, 0) is 21.7 Å². The van der Waals surface area contributed by atoms with E-state index < -0.39 is 0 Å². The Bertz CT molecular complexity index is 1040. The maximum Gasteiger partial charge on any atom is 0.123 e. The molecule has 4 heteroatoms. The standard InChI is InChI=1S/C42H70O2S2/c1-39(2,3)33-27-31(28-34(37(33)43)40(4,5)6)45-25-23-21-19-17-15-13-14-16-18-20-22-24-26-46-32-29-35(41(7,8)9)38(44)36(30-32)42(10,11)12/h27-30,43-44H,13-26H2,1-12H3. The quantitative estimate of drug-likeness (QED) is 0.130. The largest absolute Gasteiger partial charge is 0.507 e. The van der Waals surface area contributed by atoms with Crippen LogP contribution in [0.1, 0.15) is 182 Å². The Balaban J connectivity index is 1.56. The van der Waals surface area contributed by atoms with Crippen molar-refractivity contribution in [1.82, 2.24) is 0 Å². The number of unbranched alkanes of at least 4 members (excludes halogenated alkanes) is 11. The maximum atomic E-state index is 11.0. The first kappa shape index (κ1) is 40.9. The molecule has 0 aliphatic carbocycles. The summed E-state index contributed by atoms with van der Waals surface area (Å²) in [7, 11) is 0. The summed E-state index contributed by atoms with van der Waals surface area (Å²) in [6, 6.07) is 8.88. The number of phenols is 2. The molecule has 2 nitrogen and oxygen atoms in total. The van der Waals surface area contributed by atoms with Gasteiger partial charge in [0, 0.05) is 32.0 Å². The fourth-order valence-corrected chi connectivity index (χ4v) is 7.99. The van der Waals surface area contributed by atoms with Gasteiger partial charge in [-0.25, -0.2) is 0 Å². The molecule has 2 rings (SSSR count). The zero-order chi connectivity index (χ0) is 34.8. The van der Waals surface area contributed by atoms with E-state index in [4.69, 9.17) is 0 Å². The Kier molecular flexibility index (Phi) is 16.0. The van der Waals surface area contributed by atoms with E-state index in [0.29, 0.717) is 11.5 Å². The molecule has 0 aromatic heterocycles. The molecule has 0 saturated heterocycles. The Morgan fingerprint density at radius 3 is 0.761 bits per heavy atom.